The lowest BCUT2D eigenvalue weighted by Crippen LogP contribution is -2.52. The van der Waals surface area contributed by atoms with Crippen LogP contribution < -0.4 is 5.32 Å². The van der Waals surface area contributed by atoms with Crippen LogP contribution >= 0.6 is 0 Å². The minimum absolute atomic E-state index is 0.00850. The average Bonchev–Trinajstić information content (AvgIpc) is 2.68. The Bertz CT molecular complexity index is 665. The number of rotatable bonds is 2. The number of carbonyl (C=O) groups is 2. The molecule has 0 atom stereocenters. The number of hydrogen-bond donors (Lipinski definition) is 1. The first-order valence-electron chi connectivity index (χ1n) is 8.94. The van der Waals surface area contributed by atoms with Crippen LogP contribution in [-0.4, -0.2) is 67.2 Å². The van der Waals surface area contributed by atoms with E-state index in [0.29, 0.717) is 52.2 Å². The van der Waals surface area contributed by atoms with E-state index in [2.05, 4.69) is 5.32 Å². The molecule has 2 aliphatic heterocycles. The summed E-state index contributed by atoms with van der Waals surface area (Å²) >= 11 is 0. The van der Waals surface area contributed by atoms with Crippen molar-refractivity contribution in [2.24, 2.45) is 0 Å². The number of ether oxygens (including phenoxy) is 1. The van der Waals surface area contributed by atoms with Crippen molar-refractivity contribution in [1.29, 1.82) is 0 Å². The van der Waals surface area contributed by atoms with E-state index >= 15 is 0 Å². The number of alkyl halides is 3. The molecule has 1 aromatic rings. The van der Waals surface area contributed by atoms with Crippen LogP contribution in [0.25, 0.3) is 0 Å². The number of nitrogens with zero attached hydrogens (tertiary/aromatic N) is 2. The molecule has 2 aliphatic rings. The van der Waals surface area contributed by atoms with Crippen LogP contribution in [0, 0.1) is 0 Å². The van der Waals surface area contributed by atoms with E-state index in [1.54, 1.807) is 9.80 Å². The van der Waals surface area contributed by atoms with Crippen LogP contribution in [0.1, 0.15) is 28.8 Å². The maximum absolute atomic E-state index is 12.6. The van der Waals surface area contributed by atoms with Gasteiger partial charge in [-0.05, 0) is 37.1 Å². The van der Waals surface area contributed by atoms with Gasteiger partial charge in [0.25, 0.3) is 5.91 Å². The summed E-state index contributed by atoms with van der Waals surface area (Å²) in [7, 11) is 0. The third-order valence-corrected chi connectivity index (χ3v) is 4.86. The summed E-state index contributed by atoms with van der Waals surface area (Å²) in [5.74, 6) is -0.401. The van der Waals surface area contributed by atoms with Crippen molar-refractivity contribution in [3.63, 3.8) is 0 Å². The molecule has 1 aromatic carbocycles. The number of benzene rings is 1. The topological polar surface area (TPSA) is 61.9 Å². The number of urea groups is 1. The zero-order valence-electron chi connectivity index (χ0n) is 14.8. The second kappa shape index (κ2) is 8.16. The molecule has 27 heavy (non-hydrogen) atoms. The molecule has 2 saturated heterocycles. The van der Waals surface area contributed by atoms with Gasteiger partial charge in [-0.2, -0.15) is 13.2 Å². The highest BCUT2D eigenvalue weighted by atomic mass is 19.4. The molecule has 0 saturated carbocycles. The molecule has 0 radical (unpaired) electrons. The van der Waals surface area contributed by atoms with E-state index in [0.717, 1.165) is 12.1 Å². The lowest BCUT2D eigenvalue weighted by atomic mass is 10.0. The summed E-state index contributed by atoms with van der Waals surface area (Å²) in [5.41, 5.74) is -0.594. The van der Waals surface area contributed by atoms with E-state index in [1.807, 2.05) is 0 Å². The molecule has 2 fully saturated rings. The van der Waals surface area contributed by atoms with Gasteiger partial charge in [-0.1, -0.05) is 0 Å². The van der Waals surface area contributed by atoms with Gasteiger partial charge in [0.15, 0.2) is 0 Å². The molecule has 2 heterocycles. The number of halogens is 3. The van der Waals surface area contributed by atoms with Gasteiger partial charge in [0.05, 0.1) is 18.8 Å². The molecule has 6 nitrogen and oxygen atoms in total. The SMILES string of the molecule is O=C(NC1CCN(C(=O)N2CCOCC2)CC1)c1ccc(C(F)(F)F)cc1. The highest BCUT2D eigenvalue weighted by Crippen LogP contribution is 2.29. The van der Waals surface area contributed by atoms with E-state index < -0.39 is 17.6 Å². The Morgan fingerprint density at radius 2 is 1.52 bits per heavy atom. The number of likely N-dealkylation sites (tertiary alicyclic amines) is 1. The fraction of sp³-hybridized carbons (Fsp3) is 0.556. The van der Waals surface area contributed by atoms with Crippen molar-refractivity contribution < 1.29 is 27.5 Å². The number of amides is 3. The van der Waals surface area contributed by atoms with Crippen molar-refractivity contribution in [3.8, 4) is 0 Å². The molecule has 148 valence electrons. The summed E-state index contributed by atoms with van der Waals surface area (Å²) < 4.78 is 43.0. The first-order chi connectivity index (χ1) is 12.8. The summed E-state index contributed by atoms with van der Waals surface area (Å²) in [6.07, 6.45) is -3.19. The number of carbonyl (C=O) groups excluding carboxylic acids is 2. The summed E-state index contributed by atoms with van der Waals surface area (Å²) in [5, 5.41) is 2.84. The van der Waals surface area contributed by atoms with Gasteiger partial charge in [0.1, 0.15) is 0 Å². The second-order valence-electron chi connectivity index (χ2n) is 6.69. The number of piperidine rings is 1. The third-order valence-electron chi connectivity index (χ3n) is 4.86. The molecular weight excluding hydrogens is 363 g/mol. The van der Waals surface area contributed by atoms with Crippen LogP contribution in [0.15, 0.2) is 24.3 Å². The molecule has 0 aliphatic carbocycles. The Morgan fingerprint density at radius 1 is 0.963 bits per heavy atom. The Hall–Kier alpha value is -2.29. The van der Waals surface area contributed by atoms with Gasteiger partial charge in [0.2, 0.25) is 0 Å². The summed E-state index contributed by atoms with van der Waals surface area (Å²) in [6, 6.07) is 4.04. The maximum Gasteiger partial charge on any atom is 0.416 e. The van der Waals surface area contributed by atoms with Crippen molar-refractivity contribution in [1.82, 2.24) is 15.1 Å². The van der Waals surface area contributed by atoms with Crippen LogP contribution in [0.2, 0.25) is 0 Å². The van der Waals surface area contributed by atoms with E-state index in [-0.39, 0.29) is 17.6 Å². The van der Waals surface area contributed by atoms with Gasteiger partial charge < -0.3 is 19.9 Å². The van der Waals surface area contributed by atoms with E-state index in [4.69, 9.17) is 4.74 Å². The number of nitrogens with one attached hydrogen (secondary N) is 1. The largest absolute Gasteiger partial charge is 0.416 e. The molecule has 1 N–H and O–H groups in total. The van der Waals surface area contributed by atoms with Crippen LogP contribution in [0.3, 0.4) is 0 Å². The fourth-order valence-electron chi connectivity index (χ4n) is 3.25. The highest BCUT2D eigenvalue weighted by Gasteiger charge is 2.31. The van der Waals surface area contributed by atoms with Crippen molar-refractivity contribution in [3.05, 3.63) is 35.4 Å². The molecule has 3 amide bonds. The first-order valence-corrected chi connectivity index (χ1v) is 8.94. The third kappa shape index (κ3) is 4.91. The molecule has 0 aromatic heterocycles. The van der Waals surface area contributed by atoms with Gasteiger partial charge in [0, 0.05) is 37.8 Å². The van der Waals surface area contributed by atoms with Crippen molar-refractivity contribution >= 4 is 11.9 Å². The monoisotopic (exact) mass is 385 g/mol. The van der Waals surface area contributed by atoms with Crippen LogP contribution in [0.4, 0.5) is 18.0 Å². The zero-order chi connectivity index (χ0) is 19.4. The molecular formula is C18H22F3N3O3. The molecule has 0 unspecified atom stereocenters. The normalized spacial score (nSPS) is 19.1. The van der Waals surface area contributed by atoms with Gasteiger partial charge in [-0.3, -0.25) is 4.79 Å². The lowest BCUT2D eigenvalue weighted by Gasteiger charge is -2.37. The molecule has 3 rings (SSSR count). The second-order valence-corrected chi connectivity index (χ2v) is 6.69. The summed E-state index contributed by atoms with van der Waals surface area (Å²) in [6.45, 7) is 3.34. The number of hydrogen-bond acceptors (Lipinski definition) is 3. The Labute approximate surface area is 155 Å². The predicted molar refractivity (Wildman–Crippen MR) is 91.3 cm³/mol. The molecule has 0 spiro atoms. The van der Waals surface area contributed by atoms with E-state index in [9.17, 15) is 22.8 Å². The minimum atomic E-state index is -4.42. The quantitative estimate of drug-likeness (QED) is 0.850. The molecule has 9 heteroatoms. The minimum Gasteiger partial charge on any atom is -0.378 e. The summed E-state index contributed by atoms with van der Waals surface area (Å²) in [4.78, 5) is 28.2. The smallest absolute Gasteiger partial charge is 0.378 e. The number of morpholine rings is 1. The van der Waals surface area contributed by atoms with E-state index in [1.165, 1.54) is 12.1 Å². The van der Waals surface area contributed by atoms with Crippen LogP contribution in [0.5, 0.6) is 0 Å². The lowest BCUT2D eigenvalue weighted by molar-refractivity contribution is -0.137. The first kappa shape index (κ1) is 19.5. The molecule has 0 bridgehead atoms. The average molecular weight is 385 g/mol. The van der Waals surface area contributed by atoms with Gasteiger partial charge in [-0.15, -0.1) is 0 Å². The van der Waals surface area contributed by atoms with Gasteiger partial charge in [-0.25, -0.2) is 4.79 Å². The fourth-order valence-corrected chi connectivity index (χ4v) is 3.25. The maximum atomic E-state index is 12.6. The van der Waals surface area contributed by atoms with Crippen LogP contribution in [-0.2, 0) is 10.9 Å². The standard InChI is InChI=1S/C18H22F3N3O3/c19-18(20,21)14-3-1-13(2-4-14)16(25)22-15-5-7-23(8-6-15)17(26)24-9-11-27-12-10-24/h1-4,15H,5-12H2,(H,22,25). The van der Waals surface area contributed by atoms with Crippen molar-refractivity contribution in [2.45, 2.75) is 25.1 Å². The Kier molecular flexibility index (Phi) is 5.88. The Morgan fingerprint density at radius 3 is 2.07 bits per heavy atom. The van der Waals surface area contributed by atoms with Crippen molar-refractivity contribution in [2.75, 3.05) is 39.4 Å². The van der Waals surface area contributed by atoms with Gasteiger partial charge >= 0.3 is 12.2 Å². The predicted octanol–water partition coefficient (Wildman–Crippen LogP) is 2.35. The Balaban J connectivity index is 1.48. The highest BCUT2D eigenvalue weighted by molar-refractivity contribution is 5.94. The zero-order valence-corrected chi connectivity index (χ0v) is 14.8.